The smallest absolute Gasteiger partial charge is 0.253 e. The summed E-state index contributed by atoms with van der Waals surface area (Å²) in [6.07, 6.45) is 2.46. The van der Waals surface area contributed by atoms with Crippen LogP contribution in [0, 0.1) is 0 Å². The van der Waals surface area contributed by atoms with E-state index in [0.29, 0.717) is 24.6 Å². The molecule has 30 heavy (non-hydrogen) atoms. The first-order valence-electron chi connectivity index (χ1n) is 10.5. The minimum absolute atomic E-state index is 0.0519. The first-order chi connectivity index (χ1) is 14.8. The second-order valence-electron chi connectivity index (χ2n) is 7.81. The first-order valence-corrected chi connectivity index (χ1v) is 10.5. The molecule has 3 aromatic rings. The zero-order chi connectivity index (χ0) is 20.3. The van der Waals surface area contributed by atoms with Crippen molar-refractivity contribution < 1.29 is 9.53 Å². The third kappa shape index (κ3) is 4.13. The molecule has 1 aliphatic carbocycles. The molecule has 2 aromatic carbocycles. The Bertz CT molecular complexity index is 994. The van der Waals surface area contributed by atoms with Gasteiger partial charge in [-0.25, -0.2) is 0 Å². The number of amides is 1. The highest BCUT2D eigenvalue weighted by Crippen LogP contribution is 2.38. The Kier molecular flexibility index (Phi) is 5.05. The molecule has 0 unspecified atom stereocenters. The number of piperazine rings is 1. The molecule has 2 heterocycles. The van der Waals surface area contributed by atoms with E-state index in [2.05, 4.69) is 27.2 Å². The van der Waals surface area contributed by atoms with Crippen LogP contribution < -0.4 is 9.64 Å². The highest BCUT2D eigenvalue weighted by Gasteiger charge is 2.26. The first kappa shape index (κ1) is 18.6. The summed E-state index contributed by atoms with van der Waals surface area (Å²) in [7, 11) is 0. The van der Waals surface area contributed by atoms with Crippen LogP contribution in [0.3, 0.4) is 0 Å². The zero-order valence-corrected chi connectivity index (χ0v) is 16.8. The number of benzene rings is 2. The highest BCUT2D eigenvalue weighted by atomic mass is 16.5. The van der Waals surface area contributed by atoms with Gasteiger partial charge < -0.3 is 14.5 Å². The quantitative estimate of drug-likeness (QED) is 0.645. The van der Waals surface area contributed by atoms with Crippen molar-refractivity contribution in [2.45, 2.75) is 18.8 Å². The summed E-state index contributed by atoms with van der Waals surface area (Å²) in [4.78, 5) is 17.0. The molecule has 1 saturated carbocycles. The molecule has 1 saturated heterocycles. The lowest BCUT2D eigenvalue weighted by molar-refractivity contribution is 0.0746. The third-order valence-electron chi connectivity index (χ3n) is 5.64. The molecule has 6 heteroatoms. The molecule has 2 fully saturated rings. The van der Waals surface area contributed by atoms with Gasteiger partial charge in [0.05, 0.1) is 5.69 Å². The van der Waals surface area contributed by atoms with Crippen LogP contribution in [0.15, 0.2) is 66.7 Å². The van der Waals surface area contributed by atoms with Crippen LogP contribution in [0.4, 0.5) is 5.82 Å². The molecule has 1 aromatic heterocycles. The molecule has 1 aliphatic heterocycles. The van der Waals surface area contributed by atoms with E-state index in [9.17, 15) is 4.79 Å². The number of para-hydroxylation sites is 1. The fourth-order valence-electron chi connectivity index (χ4n) is 3.71. The van der Waals surface area contributed by atoms with Gasteiger partial charge in [0.25, 0.3) is 5.91 Å². The summed E-state index contributed by atoms with van der Waals surface area (Å²) in [6.45, 7) is 2.87. The van der Waals surface area contributed by atoms with E-state index in [0.717, 1.165) is 36.1 Å². The normalized spacial score (nSPS) is 16.4. The van der Waals surface area contributed by atoms with Gasteiger partial charge in [0, 0.05) is 37.7 Å². The average molecular weight is 400 g/mol. The maximum absolute atomic E-state index is 12.9. The molecule has 6 nitrogen and oxygen atoms in total. The van der Waals surface area contributed by atoms with Crippen molar-refractivity contribution in [2.75, 3.05) is 31.1 Å². The molecule has 5 rings (SSSR count). The van der Waals surface area contributed by atoms with Gasteiger partial charge in [0.2, 0.25) is 0 Å². The van der Waals surface area contributed by atoms with Gasteiger partial charge in [0.15, 0.2) is 5.82 Å². The fraction of sp³-hybridized carbons (Fsp3) is 0.292. The Hall–Kier alpha value is -3.41. The van der Waals surface area contributed by atoms with Crippen LogP contribution in [-0.4, -0.2) is 47.2 Å². The lowest BCUT2D eigenvalue weighted by Crippen LogP contribution is -2.49. The summed E-state index contributed by atoms with van der Waals surface area (Å²) >= 11 is 0. The van der Waals surface area contributed by atoms with E-state index in [1.807, 2.05) is 59.5 Å². The zero-order valence-electron chi connectivity index (χ0n) is 16.8. The molecular formula is C24H24N4O2. The predicted octanol–water partition coefficient (Wildman–Crippen LogP) is 4.11. The Morgan fingerprint density at radius 2 is 1.50 bits per heavy atom. The van der Waals surface area contributed by atoms with Gasteiger partial charge in [-0.15, -0.1) is 5.10 Å². The van der Waals surface area contributed by atoms with Crippen LogP contribution in [0.25, 0.3) is 0 Å². The van der Waals surface area contributed by atoms with Crippen LogP contribution in [-0.2, 0) is 0 Å². The van der Waals surface area contributed by atoms with Crippen LogP contribution in [0.1, 0.15) is 34.8 Å². The molecule has 1 amide bonds. The van der Waals surface area contributed by atoms with Crippen molar-refractivity contribution in [3.8, 4) is 11.5 Å². The summed E-state index contributed by atoms with van der Waals surface area (Å²) in [6, 6.07) is 21.1. The lowest BCUT2D eigenvalue weighted by Gasteiger charge is -2.35. The molecule has 152 valence electrons. The van der Waals surface area contributed by atoms with E-state index >= 15 is 0 Å². The Balaban J connectivity index is 1.17. The lowest BCUT2D eigenvalue weighted by atomic mass is 10.1. The second kappa shape index (κ2) is 8.14. The van der Waals surface area contributed by atoms with Crippen molar-refractivity contribution in [3.05, 3.63) is 78.0 Å². The monoisotopic (exact) mass is 400 g/mol. The van der Waals surface area contributed by atoms with Gasteiger partial charge in [-0.3, -0.25) is 4.79 Å². The number of nitrogens with zero attached hydrogens (tertiary/aromatic N) is 4. The number of carbonyl (C=O) groups excluding carboxylic acids is 1. The highest BCUT2D eigenvalue weighted by molar-refractivity contribution is 5.94. The summed E-state index contributed by atoms with van der Waals surface area (Å²) in [5, 5.41) is 8.77. The Morgan fingerprint density at radius 1 is 0.800 bits per heavy atom. The number of ether oxygens (including phenoxy) is 1. The number of carbonyl (C=O) groups is 1. The van der Waals surface area contributed by atoms with Gasteiger partial charge in [-0.05, 0) is 61.4 Å². The van der Waals surface area contributed by atoms with Crippen LogP contribution in [0.2, 0.25) is 0 Å². The second-order valence-corrected chi connectivity index (χ2v) is 7.81. The largest absolute Gasteiger partial charge is 0.457 e. The van der Waals surface area contributed by atoms with E-state index in [1.165, 1.54) is 12.8 Å². The fourth-order valence-corrected chi connectivity index (χ4v) is 3.71. The number of anilines is 1. The van der Waals surface area contributed by atoms with Gasteiger partial charge in [-0.1, -0.05) is 18.2 Å². The molecule has 0 bridgehead atoms. The Morgan fingerprint density at radius 3 is 2.13 bits per heavy atom. The van der Waals surface area contributed by atoms with Crippen molar-refractivity contribution in [2.24, 2.45) is 0 Å². The molecular weight excluding hydrogens is 376 g/mol. The third-order valence-corrected chi connectivity index (χ3v) is 5.64. The molecule has 0 atom stereocenters. The molecule has 2 aliphatic rings. The molecule has 0 radical (unpaired) electrons. The number of aromatic nitrogens is 2. The van der Waals surface area contributed by atoms with E-state index in [1.54, 1.807) is 0 Å². The van der Waals surface area contributed by atoms with Crippen molar-refractivity contribution in [3.63, 3.8) is 0 Å². The SMILES string of the molecule is O=C(c1ccc(Oc2ccccc2)cc1)N1CCN(c2ccc(C3CC3)nn2)CC1. The number of hydrogen-bond donors (Lipinski definition) is 0. The van der Waals surface area contributed by atoms with Crippen LogP contribution in [0.5, 0.6) is 11.5 Å². The maximum Gasteiger partial charge on any atom is 0.253 e. The standard InChI is InChI=1S/C24H24N4O2/c29-24(19-8-10-21(11-9-19)30-20-4-2-1-3-5-20)28-16-14-27(15-17-28)23-13-12-22(25-26-23)18-6-7-18/h1-5,8-13,18H,6-7,14-17H2. The molecule has 0 N–H and O–H groups in total. The van der Waals surface area contributed by atoms with Crippen molar-refractivity contribution >= 4 is 11.7 Å². The minimum atomic E-state index is 0.0519. The number of hydrogen-bond acceptors (Lipinski definition) is 5. The topological polar surface area (TPSA) is 58.6 Å². The predicted molar refractivity (Wildman–Crippen MR) is 115 cm³/mol. The number of rotatable bonds is 5. The van der Waals surface area contributed by atoms with E-state index < -0.39 is 0 Å². The van der Waals surface area contributed by atoms with Crippen molar-refractivity contribution in [1.82, 2.24) is 15.1 Å². The average Bonchev–Trinajstić information content (AvgIpc) is 3.66. The van der Waals surface area contributed by atoms with Gasteiger partial charge in [-0.2, -0.15) is 5.10 Å². The van der Waals surface area contributed by atoms with Crippen molar-refractivity contribution in [1.29, 1.82) is 0 Å². The Labute approximate surface area is 176 Å². The summed E-state index contributed by atoms with van der Waals surface area (Å²) in [5.41, 5.74) is 1.78. The summed E-state index contributed by atoms with van der Waals surface area (Å²) in [5.74, 6) is 3.06. The van der Waals surface area contributed by atoms with E-state index in [4.69, 9.17) is 4.74 Å². The van der Waals surface area contributed by atoms with Crippen LogP contribution >= 0.6 is 0 Å². The summed E-state index contributed by atoms with van der Waals surface area (Å²) < 4.78 is 5.80. The van der Waals surface area contributed by atoms with E-state index in [-0.39, 0.29) is 5.91 Å². The molecule has 0 spiro atoms. The maximum atomic E-state index is 12.9. The van der Waals surface area contributed by atoms with Gasteiger partial charge >= 0.3 is 0 Å². The minimum Gasteiger partial charge on any atom is -0.457 e. The van der Waals surface area contributed by atoms with Gasteiger partial charge in [0.1, 0.15) is 11.5 Å².